The van der Waals surface area contributed by atoms with E-state index in [1.54, 1.807) is 29.1 Å². The number of rotatable bonds is 6. The van der Waals surface area contributed by atoms with Crippen molar-refractivity contribution < 1.29 is 13.6 Å². The second kappa shape index (κ2) is 7.35. The number of hydrogen-bond donors (Lipinski definition) is 0. The molecule has 1 amide bonds. The van der Waals surface area contributed by atoms with E-state index in [0.717, 1.165) is 0 Å². The summed E-state index contributed by atoms with van der Waals surface area (Å²) < 4.78 is 27.8. The van der Waals surface area contributed by atoms with Gasteiger partial charge in [0.15, 0.2) is 0 Å². The Morgan fingerprint density at radius 3 is 2.73 bits per heavy atom. The van der Waals surface area contributed by atoms with Gasteiger partial charge in [-0.25, -0.2) is 8.78 Å². The molecular weight excluding hydrogens is 312 g/mol. The molecule has 0 spiro atoms. The van der Waals surface area contributed by atoms with Crippen molar-refractivity contribution in [3.05, 3.63) is 47.8 Å². The minimum atomic E-state index is -2.59. The summed E-state index contributed by atoms with van der Waals surface area (Å²) in [6, 6.07) is 6.16. The molecule has 0 N–H and O–H groups in total. The standard InChI is InChI=1S/C15H16ClF2N3O/c1-2-20-10-12(8-19-20)21(14(22)7-16)9-11-5-3-4-6-13(11)15(17)18/h3-6,8,10,15H,2,7,9H2,1H3. The second-order valence-electron chi connectivity index (χ2n) is 4.67. The highest BCUT2D eigenvalue weighted by molar-refractivity contribution is 6.29. The van der Waals surface area contributed by atoms with Crippen LogP contribution in [0.4, 0.5) is 14.5 Å². The molecule has 1 aromatic carbocycles. The van der Waals surface area contributed by atoms with Gasteiger partial charge in [-0.05, 0) is 12.5 Å². The average molecular weight is 328 g/mol. The fraction of sp³-hybridized carbons (Fsp3) is 0.333. The van der Waals surface area contributed by atoms with Crippen LogP contribution in [0, 0.1) is 0 Å². The van der Waals surface area contributed by atoms with Crippen LogP contribution < -0.4 is 4.90 Å². The minimum Gasteiger partial charge on any atom is -0.304 e. The van der Waals surface area contributed by atoms with Gasteiger partial charge in [0.25, 0.3) is 6.43 Å². The fourth-order valence-electron chi connectivity index (χ4n) is 2.12. The zero-order valence-corrected chi connectivity index (χ0v) is 12.8. The lowest BCUT2D eigenvalue weighted by molar-refractivity contribution is -0.116. The molecule has 7 heteroatoms. The number of halogens is 3. The van der Waals surface area contributed by atoms with Crippen molar-refractivity contribution >= 4 is 23.2 Å². The molecule has 0 saturated carbocycles. The van der Waals surface area contributed by atoms with Gasteiger partial charge in [0, 0.05) is 18.3 Å². The molecule has 0 bridgehead atoms. The predicted molar refractivity (Wildman–Crippen MR) is 81.2 cm³/mol. The van der Waals surface area contributed by atoms with Gasteiger partial charge in [-0.1, -0.05) is 24.3 Å². The van der Waals surface area contributed by atoms with Crippen LogP contribution in [0.1, 0.15) is 24.5 Å². The lowest BCUT2D eigenvalue weighted by Crippen LogP contribution is -2.31. The SMILES string of the molecule is CCn1cc(N(Cc2ccccc2C(F)F)C(=O)CCl)cn1. The highest BCUT2D eigenvalue weighted by Crippen LogP contribution is 2.25. The van der Waals surface area contributed by atoms with E-state index in [0.29, 0.717) is 17.8 Å². The summed E-state index contributed by atoms with van der Waals surface area (Å²) in [4.78, 5) is 13.4. The molecule has 118 valence electrons. The van der Waals surface area contributed by atoms with Crippen LogP contribution in [-0.4, -0.2) is 21.6 Å². The molecule has 0 aliphatic heterocycles. The molecule has 0 saturated heterocycles. The van der Waals surface area contributed by atoms with Gasteiger partial charge in [-0.2, -0.15) is 5.10 Å². The van der Waals surface area contributed by atoms with Crippen molar-refractivity contribution in [2.45, 2.75) is 26.4 Å². The van der Waals surface area contributed by atoms with Crippen molar-refractivity contribution in [2.75, 3.05) is 10.8 Å². The number of carbonyl (C=O) groups is 1. The van der Waals surface area contributed by atoms with Crippen LogP contribution in [0.15, 0.2) is 36.7 Å². The minimum absolute atomic E-state index is 0.0292. The maximum atomic E-state index is 13.1. The van der Waals surface area contributed by atoms with Gasteiger partial charge < -0.3 is 4.90 Å². The Morgan fingerprint density at radius 2 is 2.14 bits per heavy atom. The number of amides is 1. The Balaban J connectivity index is 2.33. The number of anilines is 1. The van der Waals surface area contributed by atoms with E-state index in [1.165, 1.54) is 17.2 Å². The Morgan fingerprint density at radius 1 is 1.41 bits per heavy atom. The Labute approximate surface area is 132 Å². The lowest BCUT2D eigenvalue weighted by Gasteiger charge is -2.21. The molecule has 0 unspecified atom stereocenters. The van der Waals surface area contributed by atoms with Crippen molar-refractivity contribution in [3.63, 3.8) is 0 Å². The van der Waals surface area contributed by atoms with Gasteiger partial charge >= 0.3 is 0 Å². The zero-order chi connectivity index (χ0) is 16.1. The smallest absolute Gasteiger partial charge is 0.264 e. The number of carbonyl (C=O) groups excluding carboxylic acids is 1. The molecule has 1 heterocycles. The normalized spacial score (nSPS) is 11.0. The third-order valence-electron chi connectivity index (χ3n) is 3.29. The van der Waals surface area contributed by atoms with E-state index < -0.39 is 6.43 Å². The highest BCUT2D eigenvalue weighted by atomic mass is 35.5. The first kappa shape index (κ1) is 16.4. The van der Waals surface area contributed by atoms with Crippen LogP contribution in [0.5, 0.6) is 0 Å². The number of alkyl halides is 3. The number of benzene rings is 1. The number of nitrogens with zero attached hydrogens (tertiary/aromatic N) is 3. The molecule has 0 radical (unpaired) electrons. The summed E-state index contributed by atoms with van der Waals surface area (Å²) in [5, 5.41) is 4.10. The summed E-state index contributed by atoms with van der Waals surface area (Å²) in [5.74, 6) is -0.588. The predicted octanol–water partition coefficient (Wildman–Crippen LogP) is 3.61. The molecule has 22 heavy (non-hydrogen) atoms. The summed E-state index contributed by atoms with van der Waals surface area (Å²) in [7, 11) is 0. The van der Waals surface area contributed by atoms with Gasteiger partial charge in [0.2, 0.25) is 5.91 Å². The monoisotopic (exact) mass is 327 g/mol. The first-order valence-corrected chi connectivity index (χ1v) is 7.35. The molecule has 0 fully saturated rings. The molecule has 0 atom stereocenters. The van der Waals surface area contributed by atoms with E-state index in [9.17, 15) is 13.6 Å². The van der Waals surface area contributed by atoms with Gasteiger partial charge in [0.05, 0.1) is 18.4 Å². The maximum absolute atomic E-state index is 13.1. The number of aryl methyl sites for hydroxylation is 1. The summed E-state index contributed by atoms with van der Waals surface area (Å²) in [6.07, 6.45) is 0.622. The molecule has 1 aromatic heterocycles. The van der Waals surface area contributed by atoms with Crippen LogP contribution in [-0.2, 0) is 17.9 Å². The van der Waals surface area contributed by atoms with E-state index >= 15 is 0 Å². The topological polar surface area (TPSA) is 38.1 Å². The average Bonchev–Trinajstić information content (AvgIpc) is 3.00. The number of aromatic nitrogens is 2. The van der Waals surface area contributed by atoms with E-state index in [2.05, 4.69) is 5.10 Å². The van der Waals surface area contributed by atoms with Crippen LogP contribution in [0.3, 0.4) is 0 Å². The Hall–Kier alpha value is -1.95. The first-order valence-electron chi connectivity index (χ1n) is 6.81. The third kappa shape index (κ3) is 3.62. The molecule has 2 aromatic rings. The summed E-state index contributed by atoms with van der Waals surface area (Å²) in [5.41, 5.74) is 0.842. The van der Waals surface area contributed by atoms with Crippen molar-refractivity contribution in [2.24, 2.45) is 0 Å². The van der Waals surface area contributed by atoms with E-state index in [4.69, 9.17) is 11.6 Å². The largest absolute Gasteiger partial charge is 0.304 e. The number of hydrogen-bond acceptors (Lipinski definition) is 2. The maximum Gasteiger partial charge on any atom is 0.264 e. The van der Waals surface area contributed by atoms with E-state index in [1.807, 2.05) is 6.92 Å². The fourth-order valence-corrected chi connectivity index (χ4v) is 2.27. The summed E-state index contributed by atoms with van der Waals surface area (Å²) >= 11 is 5.64. The quantitative estimate of drug-likeness (QED) is 0.760. The first-order chi connectivity index (χ1) is 10.6. The van der Waals surface area contributed by atoms with Gasteiger partial charge in [-0.3, -0.25) is 9.48 Å². The molecule has 0 aliphatic carbocycles. The van der Waals surface area contributed by atoms with E-state index in [-0.39, 0.29) is 23.9 Å². The van der Waals surface area contributed by atoms with Crippen molar-refractivity contribution in [1.29, 1.82) is 0 Å². The van der Waals surface area contributed by atoms with Gasteiger partial charge in [-0.15, -0.1) is 11.6 Å². The molecule has 2 rings (SSSR count). The second-order valence-corrected chi connectivity index (χ2v) is 4.93. The third-order valence-corrected chi connectivity index (χ3v) is 3.52. The van der Waals surface area contributed by atoms with Crippen LogP contribution >= 0.6 is 11.6 Å². The van der Waals surface area contributed by atoms with Crippen LogP contribution in [0.25, 0.3) is 0 Å². The molecular formula is C15H16ClF2N3O. The Bertz CT molecular complexity index is 645. The Kier molecular flexibility index (Phi) is 5.49. The molecule has 4 nitrogen and oxygen atoms in total. The van der Waals surface area contributed by atoms with Crippen LogP contribution in [0.2, 0.25) is 0 Å². The molecule has 0 aliphatic rings. The highest BCUT2D eigenvalue weighted by Gasteiger charge is 2.20. The lowest BCUT2D eigenvalue weighted by atomic mass is 10.1. The van der Waals surface area contributed by atoms with Crippen molar-refractivity contribution in [3.8, 4) is 0 Å². The zero-order valence-electron chi connectivity index (χ0n) is 12.0. The summed E-state index contributed by atoms with van der Waals surface area (Å²) in [6.45, 7) is 2.59. The van der Waals surface area contributed by atoms with Crippen molar-refractivity contribution in [1.82, 2.24) is 9.78 Å². The van der Waals surface area contributed by atoms with Gasteiger partial charge in [0.1, 0.15) is 5.88 Å².